The molecule has 0 spiro atoms. The van der Waals surface area contributed by atoms with Crippen LogP contribution >= 0.6 is 35.0 Å². The van der Waals surface area contributed by atoms with Gasteiger partial charge in [0.1, 0.15) is 11.0 Å². The predicted molar refractivity (Wildman–Crippen MR) is 117 cm³/mol. The molecule has 29 heavy (non-hydrogen) atoms. The molecule has 2 amide bonds. The van der Waals surface area contributed by atoms with Crippen molar-refractivity contribution in [2.45, 2.75) is 11.7 Å². The lowest BCUT2D eigenvalue weighted by atomic mass is 10.2. The zero-order valence-electron chi connectivity index (χ0n) is 15.2. The van der Waals surface area contributed by atoms with Crippen LogP contribution < -0.4 is 15.4 Å². The topological polar surface area (TPSA) is 92.2 Å². The Morgan fingerprint density at radius 2 is 2.00 bits per heavy atom. The molecule has 1 atom stereocenters. The van der Waals surface area contributed by atoms with Crippen molar-refractivity contribution in [3.63, 3.8) is 0 Å². The van der Waals surface area contributed by atoms with Crippen LogP contribution in [0.3, 0.4) is 0 Å². The summed E-state index contributed by atoms with van der Waals surface area (Å²) in [6.07, 6.45) is 1.54. The fourth-order valence-corrected chi connectivity index (χ4v) is 3.60. The summed E-state index contributed by atoms with van der Waals surface area (Å²) < 4.78 is 5.09. The molecule has 0 radical (unpaired) electrons. The van der Waals surface area contributed by atoms with Gasteiger partial charge in [-0.05, 0) is 48.0 Å². The van der Waals surface area contributed by atoms with Gasteiger partial charge in [-0.25, -0.2) is 0 Å². The molecule has 1 fully saturated rings. The first-order chi connectivity index (χ1) is 13.9. The van der Waals surface area contributed by atoms with Crippen molar-refractivity contribution < 1.29 is 14.3 Å². The second kappa shape index (κ2) is 9.78. The van der Waals surface area contributed by atoms with Crippen molar-refractivity contribution in [3.8, 4) is 5.75 Å². The van der Waals surface area contributed by atoms with Crippen molar-refractivity contribution in [2.24, 2.45) is 10.2 Å². The quantitative estimate of drug-likeness (QED) is 0.514. The number of amidine groups is 1. The minimum absolute atomic E-state index is 0.0159. The van der Waals surface area contributed by atoms with Crippen LogP contribution in [0.5, 0.6) is 5.75 Å². The van der Waals surface area contributed by atoms with Gasteiger partial charge in [-0.3, -0.25) is 9.59 Å². The maximum absolute atomic E-state index is 12.2. The van der Waals surface area contributed by atoms with Crippen LogP contribution in [0, 0.1) is 0 Å². The fraction of sp³-hybridized carbons (Fsp3) is 0.158. The first kappa shape index (κ1) is 21.2. The molecular weight excluding hydrogens is 435 g/mol. The van der Waals surface area contributed by atoms with Gasteiger partial charge in [0.25, 0.3) is 0 Å². The van der Waals surface area contributed by atoms with Crippen molar-refractivity contribution in [3.05, 3.63) is 58.1 Å². The molecule has 2 N–H and O–H groups in total. The molecule has 3 rings (SSSR count). The van der Waals surface area contributed by atoms with Crippen LogP contribution in [-0.2, 0) is 9.59 Å². The van der Waals surface area contributed by atoms with E-state index in [1.807, 2.05) is 24.3 Å². The van der Waals surface area contributed by atoms with Gasteiger partial charge in [-0.1, -0.05) is 35.0 Å². The number of benzene rings is 2. The Morgan fingerprint density at radius 1 is 1.24 bits per heavy atom. The molecule has 150 valence electrons. The number of ether oxygens (including phenoxy) is 1. The Bertz CT molecular complexity index is 980. The molecule has 0 unspecified atom stereocenters. The Balaban J connectivity index is 1.54. The lowest BCUT2D eigenvalue weighted by molar-refractivity contribution is -0.122. The van der Waals surface area contributed by atoms with Gasteiger partial charge in [0.05, 0.1) is 23.4 Å². The molecule has 1 heterocycles. The molecule has 0 aromatic heterocycles. The summed E-state index contributed by atoms with van der Waals surface area (Å²) in [7, 11) is 1.59. The van der Waals surface area contributed by atoms with Crippen molar-refractivity contribution >= 4 is 63.8 Å². The first-order valence-corrected chi connectivity index (χ1v) is 10.1. The third-order valence-corrected chi connectivity index (χ3v) is 5.63. The van der Waals surface area contributed by atoms with Gasteiger partial charge in [-0.15, -0.1) is 5.10 Å². The standard InChI is InChI=1S/C19H16Cl2N4O3S/c1-28-13-5-2-11(3-6-13)10-22-25-19-24-18(27)16(29-19)9-17(26)23-12-4-7-14(20)15(21)8-12/h2-8,10,16H,9H2,1H3,(H,23,26)(H,24,25,27)/b22-10-/t16-/m0/s1. The van der Waals surface area contributed by atoms with E-state index < -0.39 is 5.25 Å². The van der Waals surface area contributed by atoms with Crippen LogP contribution in [0.25, 0.3) is 0 Å². The smallest absolute Gasteiger partial charge is 0.240 e. The van der Waals surface area contributed by atoms with E-state index in [1.54, 1.807) is 31.5 Å². The molecule has 0 bridgehead atoms. The molecule has 0 saturated carbocycles. The van der Waals surface area contributed by atoms with Crippen molar-refractivity contribution in [2.75, 3.05) is 12.4 Å². The molecule has 2 aromatic carbocycles. The van der Waals surface area contributed by atoms with E-state index in [9.17, 15) is 9.59 Å². The molecular formula is C19H16Cl2N4O3S. The van der Waals surface area contributed by atoms with Crippen LogP contribution in [0.1, 0.15) is 12.0 Å². The molecule has 7 nitrogen and oxygen atoms in total. The summed E-state index contributed by atoms with van der Waals surface area (Å²) in [4.78, 5) is 24.3. The van der Waals surface area contributed by atoms with E-state index >= 15 is 0 Å². The number of thioether (sulfide) groups is 1. The van der Waals surface area contributed by atoms with E-state index in [0.717, 1.165) is 23.1 Å². The fourth-order valence-electron chi connectivity index (χ4n) is 2.38. The number of carbonyl (C=O) groups excluding carboxylic acids is 2. The zero-order valence-corrected chi connectivity index (χ0v) is 17.5. The first-order valence-electron chi connectivity index (χ1n) is 8.42. The number of rotatable bonds is 6. The van der Waals surface area contributed by atoms with Gasteiger partial charge < -0.3 is 15.4 Å². The number of halogens is 2. The zero-order chi connectivity index (χ0) is 20.8. The number of amides is 2. The number of hydrogen-bond acceptors (Lipinski definition) is 6. The van der Waals surface area contributed by atoms with Crippen LogP contribution in [0.2, 0.25) is 10.0 Å². The highest BCUT2D eigenvalue weighted by Gasteiger charge is 2.32. The molecule has 10 heteroatoms. The number of methoxy groups -OCH3 is 1. The van der Waals surface area contributed by atoms with Crippen LogP contribution in [0.4, 0.5) is 5.69 Å². The SMILES string of the molecule is COc1ccc(/C=N\N=C2/NC(=O)[C@H](CC(=O)Nc3ccc(Cl)c(Cl)c3)S2)cc1. The summed E-state index contributed by atoms with van der Waals surface area (Å²) in [6, 6.07) is 12.0. The Hall–Kier alpha value is -2.55. The predicted octanol–water partition coefficient (Wildman–Crippen LogP) is 3.95. The van der Waals surface area contributed by atoms with Crippen LogP contribution in [0.15, 0.2) is 52.7 Å². The van der Waals surface area contributed by atoms with Gasteiger partial charge in [0.2, 0.25) is 11.8 Å². The Labute approximate surface area is 181 Å². The Morgan fingerprint density at radius 3 is 2.69 bits per heavy atom. The minimum atomic E-state index is -0.590. The molecule has 1 aliphatic rings. The molecule has 2 aromatic rings. The van der Waals surface area contributed by atoms with Crippen molar-refractivity contribution in [1.82, 2.24) is 5.32 Å². The monoisotopic (exact) mass is 450 g/mol. The summed E-state index contributed by atoms with van der Waals surface area (Å²) in [5.41, 5.74) is 1.34. The normalized spacial score (nSPS) is 17.6. The lowest BCUT2D eigenvalue weighted by Gasteiger charge is -2.08. The number of carbonyl (C=O) groups is 2. The molecule has 1 aliphatic heterocycles. The van der Waals surface area contributed by atoms with Gasteiger partial charge in [-0.2, -0.15) is 5.10 Å². The number of nitrogens with one attached hydrogen (secondary N) is 2. The average Bonchev–Trinajstić information content (AvgIpc) is 3.04. The summed E-state index contributed by atoms with van der Waals surface area (Å²) in [5, 5.41) is 13.8. The highest BCUT2D eigenvalue weighted by molar-refractivity contribution is 8.15. The largest absolute Gasteiger partial charge is 0.497 e. The second-order valence-corrected chi connectivity index (χ2v) is 7.91. The van der Waals surface area contributed by atoms with Gasteiger partial charge >= 0.3 is 0 Å². The number of anilines is 1. The lowest BCUT2D eigenvalue weighted by Crippen LogP contribution is -2.28. The number of hydrogen-bond donors (Lipinski definition) is 2. The summed E-state index contributed by atoms with van der Waals surface area (Å²) in [5.74, 6) is 0.130. The maximum Gasteiger partial charge on any atom is 0.240 e. The van der Waals surface area contributed by atoms with E-state index in [1.165, 1.54) is 0 Å². The molecule has 0 aliphatic carbocycles. The Kier molecular flexibility index (Phi) is 7.13. The van der Waals surface area contributed by atoms with Crippen molar-refractivity contribution in [1.29, 1.82) is 0 Å². The summed E-state index contributed by atoms with van der Waals surface area (Å²) >= 11 is 12.9. The van der Waals surface area contributed by atoms with E-state index in [0.29, 0.717) is 20.9 Å². The summed E-state index contributed by atoms with van der Waals surface area (Å²) in [6.45, 7) is 0. The highest BCUT2D eigenvalue weighted by Crippen LogP contribution is 2.26. The van der Waals surface area contributed by atoms with Gasteiger partial charge in [0, 0.05) is 12.1 Å². The van der Waals surface area contributed by atoms with E-state index in [2.05, 4.69) is 20.8 Å². The van der Waals surface area contributed by atoms with Gasteiger partial charge in [0.15, 0.2) is 5.17 Å². The minimum Gasteiger partial charge on any atom is -0.497 e. The second-order valence-electron chi connectivity index (χ2n) is 5.90. The highest BCUT2D eigenvalue weighted by atomic mass is 35.5. The maximum atomic E-state index is 12.2. The van der Waals surface area contributed by atoms with E-state index in [4.69, 9.17) is 27.9 Å². The number of nitrogens with zero attached hydrogens (tertiary/aromatic N) is 2. The van der Waals surface area contributed by atoms with E-state index in [-0.39, 0.29) is 18.2 Å². The average molecular weight is 451 g/mol. The van der Waals surface area contributed by atoms with Crippen LogP contribution in [-0.4, -0.2) is 35.6 Å². The third-order valence-electron chi connectivity index (χ3n) is 3.82. The third kappa shape index (κ3) is 5.96. The molecule has 1 saturated heterocycles.